The highest BCUT2D eigenvalue weighted by atomic mass is 35.5. The Kier molecular flexibility index (Phi) is 5.30. The summed E-state index contributed by atoms with van der Waals surface area (Å²) in [7, 11) is 0. The van der Waals surface area contributed by atoms with Crippen molar-refractivity contribution < 1.29 is 9.53 Å². The molecule has 6 heteroatoms. The molecule has 0 N–H and O–H groups in total. The molecule has 1 atom stereocenters. The molecule has 1 saturated heterocycles. The normalized spacial score (nSPS) is 16.6. The van der Waals surface area contributed by atoms with Crippen LogP contribution in [0.2, 0.25) is 10.0 Å². The molecule has 0 radical (unpaired) electrons. The van der Waals surface area contributed by atoms with E-state index in [4.69, 9.17) is 27.9 Å². The van der Waals surface area contributed by atoms with Crippen molar-refractivity contribution in [2.45, 2.75) is 5.37 Å². The van der Waals surface area contributed by atoms with Crippen LogP contribution in [0.15, 0.2) is 72.8 Å². The standard InChI is InChI=1S/C21H15Cl2NO2S/c22-18-10-9-15(12-19(18)23)24-20(25)13-27-21(24)14-5-4-8-17(11-14)26-16-6-2-1-3-7-16/h1-12,21H,13H2/t21-/m1/s1. The van der Waals surface area contributed by atoms with Crippen LogP contribution in [0.4, 0.5) is 5.69 Å². The second-order valence-electron chi connectivity index (χ2n) is 6.01. The van der Waals surface area contributed by atoms with Crippen LogP contribution in [-0.4, -0.2) is 11.7 Å². The number of hydrogen-bond donors (Lipinski definition) is 0. The van der Waals surface area contributed by atoms with Crippen molar-refractivity contribution in [3.8, 4) is 11.5 Å². The number of hydrogen-bond acceptors (Lipinski definition) is 3. The molecule has 0 bridgehead atoms. The number of benzene rings is 3. The van der Waals surface area contributed by atoms with Crippen LogP contribution in [0.1, 0.15) is 10.9 Å². The highest BCUT2D eigenvalue weighted by Crippen LogP contribution is 2.43. The fourth-order valence-corrected chi connectivity index (χ4v) is 4.40. The van der Waals surface area contributed by atoms with E-state index in [0.717, 1.165) is 22.7 Å². The van der Waals surface area contributed by atoms with Crippen LogP contribution in [-0.2, 0) is 4.79 Å². The van der Waals surface area contributed by atoms with Gasteiger partial charge in [0.2, 0.25) is 5.91 Å². The fraction of sp³-hybridized carbons (Fsp3) is 0.0952. The first-order chi connectivity index (χ1) is 13.1. The molecule has 1 aliphatic heterocycles. The molecule has 3 aromatic rings. The summed E-state index contributed by atoms with van der Waals surface area (Å²) in [5.74, 6) is 1.95. The van der Waals surface area contributed by atoms with E-state index >= 15 is 0 Å². The Morgan fingerprint density at radius 1 is 0.889 bits per heavy atom. The van der Waals surface area contributed by atoms with Crippen LogP contribution in [0.3, 0.4) is 0 Å². The topological polar surface area (TPSA) is 29.5 Å². The van der Waals surface area contributed by atoms with Gasteiger partial charge in [-0.2, -0.15) is 0 Å². The number of carbonyl (C=O) groups excluding carboxylic acids is 1. The number of anilines is 1. The SMILES string of the molecule is O=C1CS[C@H](c2cccc(Oc3ccccc3)c2)N1c1ccc(Cl)c(Cl)c1. The minimum absolute atomic E-state index is 0.0396. The summed E-state index contributed by atoms with van der Waals surface area (Å²) in [4.78, 5) is 14.3. The predicted molar refractivity (Wildman–Crippen MR) is 112 cm³/mol. The Balaban J connectivity index is 1.64. The van der Waals surface area contributed by atoms with Gasteiger partial charge in [-0.15, -0.1) is 11.8 Å². The quantitative estimate of drug-likeness (QED) is 0.482. The number of nitrogens with zero attached hydrogens (tertiary/aromatic N) is 1. The summed E-state index contributed by atoms with van der Waals surface area (Å²) < 4.78 is 5.93. The van der Waals surface area contributed by atoms with E-state index in [1.807, 2.05) is 60.7 Å². The van der Waals surface area contributed by atoms with E-state index in [1.54, 1.807) is 28.8 Å². The lowest BCUT2D eigenvalue weighted by molar-refractivity contribution is -0.115. The van der Waals surface area contributed by atoms with E-state index < -0.39 is 0 Å². The smallest absolute Gasteiger partial charge is 0.238 e. The Bertz CT molecular complexity index is 981. The van der Waals surface area contributed by atoms with Crippen molar-refractivity contribution in [3.63, 3.8) is 0 Å². The molecule has 0 aliphatic carbocycles. The average molecular weight is 416 g/mol. The van der Waals surface area contributed by atoms with Crippen molar-refractivity contribution >= 4 is 46.6 Å². The molecule has 1 amide bonds. The summed E-state index contributed by atoms with van der Waals surface area (Å²) >= 11 is 13.7. The first-order valence-electron chi connectivity index (χ1n) is 8.33. The van der Waals surface area contributed by atoms with Gasteiger partial charge in [0.15, 0.2) is 0 Å². The molecule has 1 heterocycles. The molecular weight excluding hydrogens is 401 g/mol. The Labute approximate surface area is 171 Å². The van der Waals surface area contributed by atoms with Crippen molar-refractivity contribution in [2.75, 3.05) is 10.7 Å². The van der Waals surface area contributed by atoms with Gasteiger partial charge in [-0.05, 0) is 48.0 Å². The zero-order chi connectivity index (χ0) is 18.8. The Morgan fingerprint density at radius 3 is 2.44 bits per heavy atom. The molecule has 4 rings (SSSR count). The highest BCUT2D eigenvalue weighted by molar-refractivity contribution is 8.00. The van der Waals surface area contributed by atoms with Crippen molar-refractivity contribution in [3.05, 3.63) is 88.4 Å². The van der Waals surface area contributed by atoms with E-state index in [0.29, 0.717) is 15.8 Å². The number of carbonyl (C=O) groups is 1. The maximum absolute atomic E-state index is 12.5. The van der Waals surface area contributed by atoms with Gasteiger partial charge in [0, 0.05) is 5.69 Å². The number of para-hydroxylation sites is 1. The average Bonchev–Trinajstić information content (AvgIpc) is 3.07. The number of rotatable bonds is 4. The number of thioether (sulfide) groups is 1. The highest BCUT2D eigenvalue weighted by Gasteiger charge is 2.34. The third-order valence-electron chi connectivity index (χ3n) is 4.17. The fourth-order valence-electron chi connectivity index (χ4n) is 2.94. The summed E-state index contributed by atoms with van der Waals surface area (Å²) in [5.41, 5.74) is 1.73. The van der Waals surface area contributed by atoms with Gasteiger partial charge in [0.05, 0.1) is 15.8 Å². The third kappa shape index (κ3) is 3.93. The van der Waals surface area contributed by atoms with Crippen LogP contribution >= 0.6 is 35.0 Å². The zero-order valence-corrected chi connectivity index (χ0v) is 16.5. The molecule has 27 heavy (non-hydrogen) atoms. The lowest BCUT2D eigenvalue weighted by Gasteiger charge is -2.25. The van der Waals surface area contributed by atoms with Gasteiger partial charge < -0.3 is 4.74 Å². The molecule has 3 aromatic carbocycles. The summed E-state index contributed by atoms with van der Waals surface area (Å²) in [6.07, 6.45) is 0. The Hall–Kier alpha value is -2.14. The number of ether oxygens (including phenoxy) is 1. The molecule has 0 spiro atoms. The van der Waals surface area contributed by atoms with Crippen molar-refractivity contribution in [1.29, 1.82) is 0 Å². The van der Waals surface area contributed by atoms with Gasteiger partial charge in [0.1, 0.15) is 16.9 Å². The molecule has 0 unspecified atom stereocenters. The molecule has 0 saturated carbocycles. The van der Waals surface area contributed by atoms with E-state index in [9.17, 15) is 4.79 Å². The molecule has 3 nitrogen and oxygen atoms in total. The molecule has 1 aliphatic rings. The molecule has 1 fully saturated rings. The van der Waals surface area contributed by atoms with Crippen LogP contribution in [0.25, 0.3) is 0 Å². The molecule has 0 aromatic heterocycles. The number of halogens is 2. The van der Waals surface area contributed by atoms with Gasteiger partial charge in [-0.25, -0.2) is 0 Å². The maximum atomic E-state index is 12.5. The zero-order valence-electron chi connectivity index (χ0n) is 14.1. The lowest BCUT2D eigenvalue weighted by atomic mass is 10.1. The third-order valence-corrected chi connectivity index (χ3v) is 6.12. The van der Waals surface area contributed by atoms with Crippen LogP contribution in [0, 0.1) is 0 Å². The first kappa shape index (κ1) is 18.2. The lowest BCUT2D eigenvalue weighted by Crippen LogP contribution is -2.27. The maximum Gasteiger partial charge on any atom is 0.238 e. The van der Waals surface area contributed by atoms with Crippen molar-refractivity contribution in [2.24, 2.45) is 0 Å². The largest absolute Gasteiger partial charge is 0.457 e. The van der Waals surface area contributed by atoms with E-state index in [-0.39, 0.29) is 11.3 Å². The Morgan fingerprint density at radius 2 is 1.67 bits per heavy atom. The van der Waals surface area contributed by atoms with E-state index in [1.165, 1.54) is 0 Å². The van der Waals surface area contributed by atoms with Gasteiger partial charge >= 0.3 is 0 Å². The minimum Gasteiger partial charge on any atom is -0.457 e. The monoisotopic (exact) mass is 415 g/mol. The van der Waals surface area contributed by atoms with Crippen LogP contribution < -0.4 is 9.64 Å². The molecule has 136 valence electrons. The first-order valence-corrected chi connectivity index (χ1v) is 10.1. The minimum atomic E-state index is -0.144. The summed E-state index contributed by atoms with van der Waals surface area (Å²) in [5, 5.41) is 0.752. The van der Waals surface area contributed by atoms with Gasteiger partial charge in [-0.3, -0.25) is 9.69 Å². The van der Waals surface area contributed by atoms with Crippen LogP contribution in [0.5, 0.6) is 11.5 Å². The van der Waals surface area contributed by atoms with Gasteiger partial charge in [0.25, 0.3) is 0 Å². The van der Waals surface area contributed by atoms with Crippen molar-refractivity contribution in [1.82, 2.24) is 0 Å². The summed E-state index contributed by atoms with van der Waals surface area (Å²) in [6.45, 7) is 0. The second kappa shape index (κ2) is 7.85. The van der Waals surface area contributed by atoms with E-state index in [2.05, 4.69) is 0 Å². The number of amides is 1. The summed E-state index contributed by atoms with van der Waals surface area (Å²) in [6, 6.07) is 22.7. The van der Waals surface area contributed by atoms with Gasteiger partial charge in [-0.1, -0.05) is 53.5 Å². The molecular formula is C21H15Cl2NO2S. The predicted octanol–water partition coefficient (Wildman–Crippen LogP) is 6.56. The second-order valence-corrected chi connectivity index (χ2v) is 7.90.